The van der Waals surface area contributed by atoms with E-state index in [0.717, 1.165) is 38.5 Å². The van der Waals surface area contributed by atoms with Gasteiger partial charge in [0.15, 0.2) is 6.10 Å². The highest BCUT2D eigenvalue weighted by molar-refractivity contribution is 7.47. The van der Waals surface area contributed by atoms with Crippen LogP contribution in [-0.2, 0) is 42.1 Å². The number of phosphoric ester groups is 1. The SMILES string of the molecule is CCCCCCCCCCCCCCCCCC(=O)OC[C@H](COP(=O)(O)OCCNC(=O)OCCOCCNc1nc(Cl)nc(Cl)n1)OC(=O)CCCCCCCCCCCCCCCCC. The third-order valence-electron chi connectivity index (χ3n) is 11.3. The topological polar surface area (TPSA) is 207 Å². The highest BCUT2D eigenvalue weighted by Crippen LogP contribution is 2.43. The summed E-state index contributed by atoms with van der Waals surface area (Å²) < 4.78 is 44.2. The molecule has 16 nitrogen and oxygen atoms in total. The molecule has 1 rings (SSSR count). The molecule has 19 heteroatoms. The Morgan fingerprint density at radius 1 is 0.529 bits per heavy atom. The lowest BCUT2D eigenvalue weighted by molar-refractivity contribution is -0.161. The second-order valence-corrected chi connectivity index (χ2v) is 19.7. The molecule has 0 bridgehead atoms. The summed E-state index contributed by atoms with van der Waals surface area (Å²) in [7, 11) is -4.64. The number of halogens is 2. The fourth-order valence-electron chi connectivity index (χ4n) is 7.42. The highest BCUT2D eigenvalue weighted by Gasteiger charge is 2.26. The van der Waals surface area contributed by atoms with Crippen LogP contribution in [0, 0.1) is 0 Å². The molecule has 3 N–H and O–H groups in total. The Morgan fingerprint density at radius 2 is 0.971 bits per heavy atom. The van der Waals surface area contributed by atoms with Gasteiger partial charge in [0.25, 0.3) is 0 Å². The summed E-state index contributed by atoms with van der Waals surface area (Å²) in [5.41, 5.74) is 0. The van der Waals surface area contributed by atoms with Gasteiger partial charge in [-0.2, -0.15) is 15.0 Å². The van der Waals surface area contributed by atoms with Crippen LogP contribution in [0.5, 0.6) is 0 Å². The van der Waals surface area contributed by atoms with E-state index in [4.69, 9.17) is 51.2 Å². The van der Waals surface area contributed by atoms with E-state index in [2.05, 4.69) is 39.4 Å². The van der Waals surface area contributed by atoms with Crippen molar-refractivity contribution in [3.8, 4) is 0 Å². The van der Waals surface area contributed by atoms with Crippen molar-refractivity contribution in [1.29, 1.82) is 0 Å². The number of anilines is 1. The van der Waals surface area contributed by atoms with Gasteiger partial charge in [-0.1, -0.05) is 194 Å². The summed E-state index contributed by atoms with van der Waals surface area (Å²) in [5, 5.41) is 5.17. The second-order valence-electron chi connectivity index (χ2n) is 17.6. The van der Waals surface area contributed by atoms with E-state index in [9.17, 15) is 23.8 Å². The third kappa shape index (κ3) is 42.5. The number of nitrogens with zero attached hydrogens (tertiary/aromatic N) is 3. The molecule has 1 aromatic heterocycles. The van der Waals surface area contributed by atoms with Crippen LogP contribution in [0.2, 0.25) is 10.6 Å². The van der Waals surface area contributed by atoms with Gasteiger partial charge < -0.3 is 34.5 Å². The molecule has 0 saturated carbocycles. The Kier molecular flexibility index (Phi) is 42.9. The molecule has 68 heavy (non-hydrogen) atoms. The number of hydrogen-bond donors (Lipinski definition) is 3. The molecule has 0 aliphatic rings. The highest BCUT2D eigenvalue weighted by atomic mass is 35.5. The van der Waals surface area contributed by atoms with E-state index >= 15 is 0 Å². The van der Waals surface area contributed by atoms with E-state index in [1.165, 1.54) is 141 Å². The number of unbranched alkanes of at least 4 members (excludes halogenated alkanes) is 28. The first-order valence-electron chi connectivity index (χ1n) is 26.3. The molecule has 0 aliphatic carbocycles. The average Bonchev–Trinajstić information content (AvgIpc) is 3.30. The summed E-state index contributed by atoms with van der Waals surface area (Å²) in [6, 6.07) is 0. The number of rotatable bonds is 49. The summed E-state index contributed by atoms with van der Waals surface area (Å²) in [5.74, 6) is -0.735. The Morgan fingerprint density at radius 3 is 1.44 bits per heavy atom. The van der Waals surface area contributed by atoms with Crippen LogP contribution in [0.4, 0.5) is 10.7 Å². The molecule has 1 aromatic rings. The molecular weight excluding hydrogens is 936 g/mol. The van der Waals surface area contributed by atoms with Gasteiger partial charge in [0.05, 0.1) is 26.4 Å². The van der Waals surface area contributed by atoms with E-state index < -0.39 is 38.6 Å². The molecule has 0 spiro atoms. The third-order valence-corrected chi connectivity index (χ3v) is 12.6. The van der Waals surface area contributed by atoms with Crippen molar-refractivity contribution in [3.63, 3.8) is 0 Å². The zero-order valence-electron chi connectivity index (χ0n) is 41.9. The lowest BCUT2D eigenvalue weighted by Gasteiger charge is -2.20. The van der Waals surface area contributed by atoms with Gasteiger partial charge >= 0.3 is 25.9 Å². The quantitative estimate of drug-likeness (QED) is 0.0240. The molecule has 2 atom stereocenters. The van der Waals surface area contributed by atoms with Crippen molar-refractivity contribution in [2.75, 3.05) is 58.0 Å². The van der Waals surface area contributed by atoms with Crippen molar-refractivity contribution in [2.45, 2.75) is 225 Å². The van der Waals surface area contributed by atoms with Crippen LogP contribution in [-0.4, -0.2) is 96.7 Å². The fraction of sp³-hybridized carbons (Fsp3) is 0.878. The van der Waals surface area contributed by atoms with Crippen LogP contribution in [0.1, 0.15) is 219 Å². The number of carbonyl (C=O) groups excluding carboxylic acids is 3. The molecule has 0 fully saturated rings. The Balaban J connectivity index is 2.35. The van der Waals surface area contributed by atoms with E-state index in [0.29, 0.717) is 19.4 Å². The minimum absolute atomic E-state index is 0.0467. The maximum atomic E-state index is 12.8. The minimum atomic E-state index is -4.64. The van der Waals surface area contributed by atoms with Crippen LogP contribution < -0.4 is 10.6 Å². The lowest BCUT2D eigenvalue weighted by Crippen LogP contribution is -2.30. The minimum Gasteiger partial charge on any atom is -0.462 e. The molecule has 0 aliphatic heterocycles. The lowest BCUT2D eigenvalue weighted by atomic mass is 10.0. The molecule has 1 heterocycles. The van der Waals surface area contributed by atoms with Crippen LogP contribution in [0.15, 0.2) is 0 Å². The molecule has 0 saturated heterocycles. The maximum absolute atomic E-state index is 12.8. The number of hydrogen-bond acceptors (Lipinski definition) is 14. The van der Waals surface area contributed by atoms with Crippen molar-refractivity contribution in [3.05, 3.63) is 10.6 Å². The smallest absolute Gasteiger partial charge is 0.462 e. The number of phosphoric acid groups is 1. The van der Waals surface area contributed by atoms with Gasteiger partial charge in [-0.25, -0.2) is 9.36 Å². The Labute approximate surface area is 419 Å². The van der Waals surface area contributed by atoms with E-state index in [-0.39, 0.29) is 68.9 Å². The average molecular weight is 1030 g/mol. The van der Waals surface area contributed by atoms with Crippen molar-refractivity contribution >= 4 is 55.0 Å². The van der Waals surface area contributed by atoms with Crippen molar-refractivity contribution < 1.29 is 51.8 Å². The van der Waals surface area contributed by atoms with Gasteiger partial charge in [0, 0.05) is 25.9 Å². The van der Waals surface area contributed by atoms with Crippen molar-refractivity contribution in [2.24, 2.45) is 0 Å². The number of esters is 2. The van der Waals surface area contributed by atoms with Crippen LogP contribution >= 0.6 is 31.0 Å². The first kappa shape index (κ1) is 63.7. The Bertz CT molecular complexity index is 1420. The summed E-state index contributed by atoms with van der Waals surface area (Å²) >= 11 is 11.5. The van der Waals surface area contributed by atoms with Gasteiger partial charge in [-0.05, 0) is 36.0 Å². The molecule has 1 amide bonds. The van der Waals surface area contributed by atoms with Gasteiger partial charge in [0.1, 0.15) is 13.2 Å². The van der Waals surface area contributed by atoms with Crippen molar-refractivity contribution in [1.82, 2.24) is 20.3 Å². The summed E-state index contributed by atoms with van der Waals surface area (Å²) in [4.78, 5) is 59.2. The normalized spacial score (nSPS) is 12.7. The van der Waals surface area contributed by atoms with Gasteiger partial charge in [0.2, 0.25) is 16.5 Å². The monoisotopic (exact) mass is 1030 g/mol. The number of aromatic nitrogens is 3. The zero-order valence-corrected chi connectivity index (χ0v) is 44.3. The van der Waals surface area contributed by atoms with E-state index in [1.54, 1.807) is 0 Å². The standard InChI is InChI=1S/C49H90Cl2N5O11P/c1-3-5-7-9-11-13-15-17-19-21-23-25-27-29-31-33-44(57)64-41-43(67-45(58)34-32-30-28-26-24-22-20-18-16-14-12-10-8-6-4-2)42-66-68(60,61)65-38-36-53-49(59)63-40-39-62-37-35-52-48-55-46(50)54-47(51)56-48/h43H,3-42H2,1-2H3,(H,53,59)(H,60,61)(H,52,54,55,56)/t43-/m1/s1. The first-order valence-corrected chi connectivity index (χ1v) is 28.6. The largest absolute Gasteiger partial charge is 0.472 e. The first-order chi connectivity index (χ1) is 33.0. The molecule has 1 unspecified atom stereocenters. The fourth-order valence-corrected chi connectivity index (χ4v) is 8.53. The zero-order chi connectivity index (χ0) is 49.6. The number of nitrogens with one attached hydrogen (secondary N) is 2. The maximum Gasteiger partial charge on any atom is 0.472 e. The van der Waals surface area contributed by atoms with E-state index in [1.807, 2.05) is 0 Å². The number of alkyl carbamates (subject to hydrolysis) is 1. The summed E-state index contributed by atoms with van der Waals surface area (Å²) in [6.07, 6.45) is 35.0. The number of carbonyl (C=O) groups is 3. The second kappa shape index (κ2) is 45.8. The van der Waals surface area contributed by atoms with Crippen LogP contribution in [0.3, 0.4) is 0 Å². The number of amides is 1. The Hall–Kier alpha value is -2.33. The molecule has 0 radical (unpaired) electrons. The van der Waals surface area contributed by atoms with Crippen LogP contribution in [0.25, 0.3) is 0 Å². The molecular formula is C49H90Cl2N5O11P. The predicted octanol–water partition coefficient (Wildman–Crippen LogP) is 13.4. The van der Waals surface area contributed by atoms with Gasteiger partial charge in [-0.3, -0.25) is 18.6 Å². The molecule has 0 aromatic carbocycles. The molecule has 396 valence electrons. The van der Waals surface area contributed by atoms with Gasteiger partial charge in [-0.15, -0.1) is 0 Å². The number of ether oxygens (including phenoxy) is 4. The predicted molar refractivity (Wildman–Crippen MR) is 270 cm³/mol. The summed E-state index contributed by atoms with van der Waals surface area (Å²) in [6.45, 7) is 3.72.